The molecule has 2 aromatic rings. The van der Waals surface area contributed by atoms with E-state index in [1.54, 1.807) is 30.2 Å². The zero-order valence-electron chi connectivity index (χ0n) is 8.64. The molecule has 0 aliphatic carbocycles. The smallest absolute Gasteiger partial charge is 0.152 e. The molecule has 0 fully saturated rings. The highest BCUT2D eigenvalue weighted by molar-refractivity contribution is 5.86. The van der Waals surface area contributed by atoms with Gasteiger partial charge in [-0.25, -0.2) is 4.39 Å². The average molecular weight is 219 g/mol. The van der Waals surface area contributed by atoms with E-state index in [1.165, 1.54) is 6.07 Å². The molecule has 82 valence electrons. The molecule has 0 saturated heterocycles. The highest BCUT2D eigenvalue weighted by Crippen LogP contribution is 2.25. The van der Waals surface area contributed by atoms with Crippen molar-refractivity contribution in [2.45, 2.75) is 0 Å². The standard InChI is InChI=1S/C11H10FN3O/c1-15-5-9(4-14-15)7-2-8(6-16)11(13)10(12)3-7/h2-6H,13H2,1H3. The first-order chi connectivity index (χ1) is 7.61. The summed E-state index contributed by atoms with van der Waals surface area (Å²) < 4.78 is 15.0. The van der Waals surface area contributed by atoms with Gasteiger partial charge in [-0.15, -0.1) is 0 Å². The zero-order valence-corrected chi connectivity index (χ0v) is 8.64. The minimum Gasteiger partial charge on any atom is -0.396 e. The molecule has 0 bridgehead atoms. The van der Waals surface area contributed by atoms with Crippen molar-refractivity contribution in [3.8, 4) is 11.1 Å². The molecule has 0 aliphatic rings. The highest BCUT2D eigenvalue weighted by Gasteiger charge is 2.09. The van der Waals surface area contributed by atoms with Crippen LogP contribution in [-0.4, -0.2) is 16.1 Å². The van der Waals surface area contributed by atoms with Crippen LogP contribution in [0.4, 0.5) is 10.1 Å². The molecule has 0 amide bonds. The molecular weight excluding hydrogens is 209 g/mol. The number of hydrogen-bond donors (Lipinski definition) is 1. The van der Waals surface area contributed by atoms with E-state index in [2.05, 4.69) is 5.10 Å². The fourth-order valence-electron chi connectivity index (χ4n) is 1.47. The maximum atomic E-state index is 13.4. The second kappa shape index (κ2) is 3.77. The molecule has 16 heavy (non-hydrogen) atoms. The van der Waals surface area contributed by atoms with Crippen LogP contribution in [0.1, 0.15) is 10.4 Å². The molecule has 1 aromatic heterocycles. The number of anilines is 1. The number of benzene rings is 1. The van der Waals surface area contributed by atoms with Crippen LogP contribution in [0, 0.1) is 5.82 Å². The summed E-state index contributed by atoms with van der Waals surface area (Å²) in [5.74, 6) is -0.594. The average Bonchev–Trinajstić information content (AvgIpc) is 2.69. The Bertz CT molecular complexity index is 548. The lowest BCUT2D eigenvalue weighted by atomic mass is 10.0. The Hall–Kier alpha value is -2.17. The summed E-state index contributed by atoms with van der Waals surface area (Å²) in [5, 5.41) is 3.98. The van der Waals surface area contributed by atoms with Gasteiger partial charge in [0.2, 0.25) is 0 Å². The topological polar surface area (TPSA) is 60.9 Å². The first-order valence-electron chi connectivity index (χ1n) is 4.65. The molecule has 0 atom stereocenters. The third-order valence-electron chi connectivity index (χ3n) is 2.33. The molecule has 0 radical (unpaired) electrons. The number of nitrogen functional groups attached to an aromatic ring is 1. The number of carbonyl (C=O) groups is 1. The summed E-state index contributed by atoms with van der Waals surface area (Å²) >= 11 is 0. The molecule has 0 spiro atoms. The Morgan fingerprint density at radius 3 is 2.75 bits per heavy atom. The Morgan fingerprint density at radius 1 is 1.44 bits per heavy atom. The van der Waals surface area contributed by atoms with E-state index in [9.17, 15) is 9.18 Å². The van der Waals surface area contributed by atoms with E-state index in [4.69, 9.17) is 5.73 Å². The molecule has 1 heterocycles. The molecule has 1 aromatic carbocycles. The van der Waals surface area contributed by atoms with E-state index in [0.29, 0.717) is 11.8 Å². The van der Waals surface area contributed by atoms with Gasteiger partial charge in [0.1, 0.15) is 5.82 Å². The summed E-state index contributed by atoms with van der Waals surface area (Å²) in [6.07, 6.45) is 3.87. The molecule has 5 heteroatoms. The zero-order chi connectivity index (χ0) is 11.7. The number of hydrogen-bond acceptors (Lipinski definition) is 3. The van der Waals surface area contributed by atoms with Crippen molar-refractivity contribution in [1.82, 2.24) is 9.78 Å². The largest absolute Gasteiger partial charge is 0.396 e. The quantitative estimate of drug-likeness (QED) is 0.616. The second-order valence-electron chi connectivity index (χ2n) is 3.48. The highest BCUT2D eigenvalue weighted by atomic mass is 19.1. The molecule has 4 nitrogen and oxygen atoms in total. The van der Waals surface area contributed by atoms with Gasteiger partial charge in [0.25, 0.3) is 0 Å². The first-order valence-corrected chi connectivity index (χ1v) is 4.65. The third-order valence-corrected chi connectivity index (χ3v) is 2.33. The lowest BCUT2D eigenvalue weighted by Crippen LogP contribution is -1.97. The first kappa shape index (κ1) is 10.4. The lowest BCUT2D eigenvalue weighted by molar-refractivity contribution is 0.112. The van der Waals surface area contributed by atoms with E-state index >= 15 is 0 Å². The van der Waals surface area contributed by atoms with Gasteiger partial charge in [-0.05, 0) is 17.7 Å². The Balaban J connectivity index is 2.58. The van der Waals surface area contributed by atoms with Gasteiger partial charge < -0.3 is 5.73 Å². The van der Waals surface area contributed by atoms with Crippen LogP contribution in [0.25, 0.3) is 11.1 Å². The van der Waals surface area contributed by atoms with Crippen molar-refractivity contribution in [3.63, 3.8) is 0 Å². The van der Waals surface area contributed by atoms with E-state index < -0.39 is 5.82 Å². The molecule has 2 N–H and O–H groups in total. The van der Waals surface area contributed by atoms with Crippen LogP contribution < -0.4 is 5.73 Å². The van der Waals surface area contributed by atoms with Crippen molar-refractivity contribution >= 4 is 12.0 Å². The Kier molecular flexibility index (Phi) is 2.44. The van der Waals surface area contributed by atoms with Crippen LogP contribution in [-0.2, 0) is 7.05 Å². The predicted molar refractivity (Wildman–Crippen MR) is 58.4 cm³/mol. The van der Waals surface area contributed by atoms with Gasteiger partial charge in [0.15, 0.2) is 6.29 Å². The number of halogens is 1. The number of aromatic nitrogens is 2. The Morgan fingerprint density at radius 2 is 2.19 bits per heavy atom. The summed E-state index contributed by atoms with van der Waals surface area (Å²) in [5.41, 5.74) is 6.77. The SMILES string of the molecule is Cn1cc(-c2cc(F)c(N)c(C=O)c2)cn1. The van der Waals surface area contributed by atoms with Gasteiger partial charge >= 0.3 is 0 Å². The van der Waals surface area contributed by atoms with Gasteiger partial charge in [-0.3, -0.25) is 9.48 Å². The van der Waals surface area contributed by atoms with Crippen molar-refractivity contribution < 1.29 is 9.18 Å². The van der Waals surface area contributed by atoms with E-state index in [1.807, 2.05) is 0 Å². The number of aldehydes is 1. The van der Waals surface area contributed by atoms with Gasteiger partial charge in [0.05, 0.1) is 11.9 Å². The summed E-state index contributed by atoms with van der Waals surface area (Å²) in [7, 11) is 1.76. The summed E-state index contributed by atoms with van der Waals surface area (Å²) in [4.78, 5) is 10.7. The summed E-state index contributed by atoms with van der Waals surface area (Å²) in [6, 6.07) is 2.84. The van der Waals surface area contributed by atoms with Crippen LogP contribution in [0.5, 0.6) is 0 Å². The minimum absolute atomic E-state index is 0.123. The fraction of sp³-hybridized carbons (Fsp3) is 0.0909. The third kappa shape index (κ3) is 1.67. The van der Waals surface area contributed by atoms with Crippen molar-refractivity contribution in [2.75, 3.05) is 5.73 Å². The molecule has 0 unspecified atom stereocenters. The second-order valence-corrected chi connectivity index (χ2v) is 3.48. The molecule has 0 aliphatic heterocycles. The normalized spacial score (nSPS) is 10.4. The number of rotatable bonds is 2. The Labute approximate surface area is 91.5 Å². The number of aryl methyl sites for hydroxylation is 1. The monoisotopic (exact) mass is 219 g/mol. The fourth-order valence-corrected chi connectivity index (χ4v) is 1.47. The van der Waals surface area contributed by atoms with E-state index in [0.717, 1.165) is 5.56 Å². The van der Waals surface area contributed by atoms with Gasteiger partial charge in [0, 0.05) is 24.4 Å². The van der Waals surface area contributed by atoms with Gasteiger partial charge in [-0.1, -0.05) is 0 Å². The minimum atomic E-state index is -0.594. The number of nitrogens with two attached hydrogens (primary N) is 1. The maximum Gasteiger partial charge on any atom is 0.152 e. The lowest BCUT2D eigenvalue weighted by Gasteiger charge is -2.03. The molecule has 0 saturated carbocycles. The van der Waals surface area contributed by atoms with Crippen LogP contribution >= 0.6 is 0 Å². The van der Waals surface area contributed by atoms with Crippen molar-refractivity contribution in [1.29, 1.82) is 0 Å². The van der Waals surface area contributed by atoms with Crippen molar-refractivity contribution in [3.05, 3.63) is 35.9 Å². The summed E-state index contributed by atoms with van der Waals surface area (Å²) in [6.45, 7) is 0. The predicted octanol–water partition coefficient (Wildman–Crippen LogP) is 1.62. The maximum absolute atomic E-state index is 13.4. The molecule has 2 rings (SSSR count). The van der Waals surface area contributed by atoms with E-state index in [-0.39, 0.29) is 11.3 Å². The van der Waals surface area contributed by atoms with Crippen LogP contribution in [0.2, 0.25) is 0 Å². The molecular formula is C11H10FN3O. The van der Waals surface area contributed by atoms with Gasteiger partial charge in [-0.2, -0.15) is 5.10 Å². The van der Waals surface area contributed by atoms with Crippen molar-refractivity contribution in [2.24, 2.45) is 7.05 Å². The van der Waals surface area contributed by atoms with Crippen LogP contribution in [0.3, 0.4) is 0 Å². The number of nitrogens with zero attached hydrogens (tertiary/aromatic N) is 2. The number of carbonyl (C=O) groups excluding carboxylic acids is 1. The van der Waals surface area contributed by atoms with Crippen LogP contribution in [0.15, 0.2) is 24.5 Å².